The third kappa shape index (κ3) is 4.01. The highest BCUT2D eigenvalue weighted by Gasteiger charge is 2.32. The van der Waals surface area contributed by atoms with Crippen molar-refractivity contribution in [3.05, 3.63) is 28.8 Å². The molecule has 1 saturated heterocycles. The van der Waals surface area contributed by atoms with E-state index in [2.05, 4.69) is 0 Å². The second kappa shape index (κ2) is 6.20. The smallest absolute Gasteiger partial charge is 0.369 e. The second-order valence-corrected chi connectivity index (χ2v) is 5.29. The summed E-state index contributed by atoms with van der Waals surface area (Å²) in [6.45, 7) is 1.40. The average Bonchev–Trinajstić information content (AvgIpc) is 2.38. The maximum Gasteiger partial charge on any atom is 0.401 e. The fraction of sp³-hybridized carbons (Fsp3) is 0.538. The number of rotatable bonds is 3. The maximum absolute atomic E-state index is 12.3. The standard InChI is InChI=1S/C13H17ClF3N3/c14-11-2-1-10(8-18)12(7-11)20-5-3-19(4-6-20)9-13(15,16)17/h1-2,7H,3-6,8-9,18H2. The van der Waals surface area contributed by atoms with Gasteiger partial charge in [0.05, 0.1) is 6.54 Å². The van der Waals surface area contributed by atoms with E-state index in [0.29, 0.717) is 37.7 Å². The average molecular weight is 308 g/mol. The zero-order valence-corrected chi connectivity index (χ0v) is 11.7. The quantitative estimate of drug-likeness (QED) is 0.931. The molecule has 0 unspecified atom stereocenters. The van der Waals surface area contributed by atoms with Crippen LogP contribution >= 0.6 is 11.6 Å². The van der Waals surface area contributed by atoms with Crippen molar-refractivity contribution in [3.8, 4) is 0 Å². The van der Waals surface area contributed by atoms with Gasteiger partial charge in [-0.2, -0.15) is 13.2 Å². The minimum Gasteiger partial charge on any atom is -0.369 e. The van der Waals surface area contributed by atoms with Crippen LogP contribution in [0.25, 0.3) is 0 Å². The fourth-order valence-electron chi connectivity index (χ4n) is 2.40. The van der Waals surface area contributed by atoms with Crippen LogP contribution in [0.15, 0.2) is 18.2 Å². The van der Waals surface area contributed by atoms with Crippen molar-refractivity contribution in [2.45, 2.75) is 12.7 Å². The van der Waals surface area contributed by atoms with Gasteiger partial charge in [0.2, 0.25) is 0 Å². The predicted octanol–water partition coefficient (Wildman–Crippen LogP) is 2.48. The Morgan fingerprint density at radius 2 is 1.80 bits per heavy atom. The van der Waals surface area contributed by atoms with Crippen molar-refractivity contribution in [1.29, 1.82) is 0 Å². The molecule has 1 heterocycles. The van der Waals surface area contributed by atoms with Gasteiger partial charge < -0.3 is 10.6 Å². The van der Waals surface area contributed by atoms with Gasteiger partial charge in [-0.25, -0.2) is 0 Å². The van der Waals surface area contributed by atoms with E-state index >= 15 is 0 Å². The molecule has 2 rings (SSSR count). The zero-order chi connectivity index (χ0) is 14.8. The molecule has 0 spiro atoms. The largest absolute Gasteiger partial charge is 0.401 e. The van der Waals surface area contributed by atoms with Crippen molar-refractivity contribution in [3.63, 3.8) is 0 Å². The molecule has 20 heavy (non-hydrogen) atoms. The number of piperazine rings is 1. The van der Waals surface area contributed by atoms with Gasteiger partial charge in [-0.1, -0.05) is 17.7 Å². The van der Waals surface area contributed by atoms with E-state index in [9.17, 15) is 13.2 Å². The first kappa shape index (κ1) is 15.4. The van der Waals surface area contributed by atoms with Crippen LogP contribution < -0.4 is 10.6 Å². The first-order valence-electron chi connectivity index (χ1n) is 6.41. The minimum absolute atomic E-state index is 0.384. The SMILES string of the molecule is NCc1ccc(Cl)cc1N1CCN(CC(F)(F)F)CC1. The number of hydrogen-bond acceptors (Lipinski definition) is 3. The Hall–Kier alpha value is -0.980. The van der Waals surface area contributed by atoms with Gasteiger partial charge in [0, 0.05) is 43.4 Å². The molecule has 0 amide bonds. The Kier molecular flexibility index (Phi) is 4.78. The molecule has 3 nitrogen and oxygen atoms in total. The van der Waals surface area contributed by atoms with Crippen molar-refractivity contribution in [2.24, 2.45) is 5.73 Å². The Morgan fingerprint density at radius 1 is 1.15 bits per heavy atom. The lowest BCUT2D eigenvalue weighted by Crippen LogP contribution is -2.49. The van der Waals surface area contributed by atoms with Crippen molar-refractivity contribution in [1.82, 2.24) is 4.90 Å². The van der Waals surface area contributed by atoms with Gasteiger partial charge in [0.15, 0.2) is 0 Å². The molecule has 1 aromatic rings. The minimum atomic E-state index is -4.14. The summed E-state index contributed by atoms with van der Waals surface area (Å²) in [5, 5.41) is 0.606. The van der Waals surface area contributed by atoms with Crippen LogP contribution in [0.2, 0.25) is 5.02 Å². The molecule has 0 bridgehead atoms. The molecule has 1 aromatic carbocycles. The number of alkyl halides is 3. The van der Waals surface area contributed by atoms with E-state index in [0.717, 1.165) is 11.3 Å². The number of nitrogens with zero attached hydrogens (tertiary/aromatic N) is 2. The summed E-state index contributed by atoms with van der Waals surface area (Å²) in [6, 6.07) is 5.45. The third-order valence-electron chi connectivity index (χ3n) is 3.38. The molecule has 1 fully saturated rings. The normalized spacial score (nSPS) is 17.6. The Balaban J connectivity index is 2.02. The molecule has 0 atom stereocenters. The van der Waals surface area contributed by atoms with Crippen molar-refractivity contribution in [2.75, 3.05) is 37.6 Å². The zero-order valence-electron chi connectivity index (χ0n) is 11.0. The Labute approximate surface area is 121 Å². The van der Waals surface area contributed by atoms with Crippen LogP contribution in [0.3, 0.4) is 0 Å². The lowest BCUT2D eigenvalue weighted by atomic mass is 10.1. The summed E-state index contributed by atoms with van der Waals surface area (Å²) >= 11 is 5.98. The van der Waals surface area contributed by atoms with Crippen LogP contribution in [0.5, 0.6) is 0 Å². The van der Waals surface area contributed by atoms with Gasteiger partial charge in [0.1, 0.15) is 0 Å². The molecule has 0 aromatic heterocycles. The monoisotopic (exact) mass is 307 g/mol. The lowest BCUT2D eigenvalue weighted by molar-refractivity contribution is -0.146. The highest BCUT2D eigenvalue weighted by Crippen LogP contribution is 2.26. The molecule has 0 aliphatic carbocycles. The van der Waals surface area contributed by atoms with E-state index in [1.165, 1.54) is 4.90 Å². The van der Waals surface area contributed by atoms with Crippen LogP contribution in [0.4, 0.5) is 18.9 Å². The first-order chi connectivity index (χ1) is 9.39. The molecule has 1 aliphatic heterocycles. The molecule has 0 saturated carbocycles. The fourth-order valence-corrected chi connectivity index (χ4v) is 2.57. The van der Waals surface area contributed by atoms with Crippen LogP contribution in [0, 0.1) is 0 Å². The summed E-state index contributed by atoms with van der Waals surface area (Å²) in [7, 11) is 0. The molecule has 112 valence electrons. The molecular formula is C13H17ClF3N3. The molecule has 0 radical (unpaired) electrons. The summed E-state index contributed by atoms with van der Waals surface area (Å²) < 4.78 is 37.0. The molecule has 2 N–H and O–H groups in total. The molecular weight excluding hydrogens is 291 g/mol. The topological polar surface area (TPSA) is 32.5 Å². The van der Waals surface area contributed by atoms with Gasteiger partial charge in [0.25, 0.3) is 0 Å². The number of nitrogens with two attached hydrogens (primary N) is 1. The van der Waals surface area contributed by atoms with E-state index in [1.54, 1.807) is 6.07 Å². The van der Waals surface area contributed by atoms with E-state index in [4.69, 9.17) is 17.3 Å². The summed E-state index contributed by atoms with van der Waals surface area (Å²) in [5.74, 6) is 0. The Morgan fingerprint density at radius 3 is 2.35 bits per heavy atom. The Bertz CT molecular complexity index is 457. The van der Waals surface area contributed by atoms with E-state index < -0.39 is 12.7 Å². The third-order valence-corrected chi connectivity index (χ3v) is 3.62. The van der Waals surface area contributed by atoms with Gasteiger partial charge >= 0.3 is 6.18 Å². The first-order valence-corrected chi connectivity index (χ1v) is 6.79. The molecule has 7 heteroatoms. The van der Waals surface area contributed by atoms with Crippen LogP contribution in [0.1, 0.15) is 5.56 Å². The highest BCUT2D eigenvalue weighted by molar-refractivity contribution is 6.30. The van der Waals surface area contributed by atoms with E-state index in [-0.39, 0.29) is 0 Å². The van der Waals surface area contributed by atoms with Gasteiger partial charge in [-0.05, 0) is 17.7 Å². The lowest BCUT2D eigenvalue weighted by Gasteiger charge is -2.37. The number of benzene rings is 1. The predicted molar refractivity (Wildman–Crippen MR) is 74.1 cm³/mol. The number of anilines is 1. The summed E-state index contributed by atoms with van der Waals surface area (Å²) in [5.41, 5.74) is 7.57. The summed E-state index contributed by atoms with van der Waals surface area (Å²) in [4.78, 5) is 3.46. The van der Waals surface area contributed by atoms with Gasteiger partial charge in [-0.15, -0.1) is 0 Å². The number of hydrogen-bond donors (Lipinski definition) is 1. The molecule has 1 aliphatic rings. The summed E-state index contributed by atoms with van der Waals surface area (Å²) in [6.07, 6.45) is -4.14. The van der Waals surface area contributed by atoms with Crippen molar-refractivity contribution >= 4 is 17.3 Å². The van der Waals surface area contributed by atoms with Crippen LogP contribution in [-0.2, 0) is 6.54 Å². The van der Waals surface area contributed by atoms with Gasteiger partial charge in [-0.3, -0.25) is 4.90 Å². The van der Waals surface area contributed by atoms with E-state index in [1.807, 2.05) is 17.0 Å². The maximum atomic E-state index is 12.3. The highest BCUT2D eigenvalue weighted by atomic mass is 35.5. The second-order valence-electron chi connectivity index (χ2n) is 4.86. The van der Waals surface area contributed by atoms with Crippen molar-refractivity contribution < 1.29 is 13.2 Å². The van der Waals surface area contributed by atoms with Crippen LogP contribution in [-0.4, -0.2) is 43.8 Å². The number of halogens is 4.